The van der Waals surface area contributed by atoms with Gasteiger partial charge in [-0.2, -0.15) is 0 Å². The minimum Gasteiger partial charge on any atom is -0.481 e. The lowest BCUT2D eigenvalue weighted by atomic mass is 9.95. The Balaban J connectivity index is 0. The van der Waals surface area contributed by atoms with Crippen LogP contribution in [0.2, 0.25) is 0 Å². The van der Waals surface area contributed by atoms with Gasteiger partial charge in [-0.25, -0.2) is 0 Å². The van der Waals surface area contributed by atoms with Crippen LogP contribution in [-0.4, -0.2) is 54.5 Å². The molecule has 0 unspecified atom stereocenters. The molecule has 5 N–H and O–H groups in total. The maximum Gasteiger partial charge on any atom is 0.342 e. The van der Waals surface area contributed by atoms with Crippen LogP contribution in [-0.2, 0) is 23.5 Å². The van der Waals surface area contributed by atoms with Crippen molar-refractivity contribution in [1.29, 1.82) is 0 Å². The zero-order chi connectivity index (χ0) is 21.0. The first-order valence-corrected chi connectivity index (χ1v) is 11.7. The maximum atomic E-state index is 12.0. The largest absolute Gasteiger partial charge is 0.481 e. The molecule has 0 atom stereocenters. The molecule has 0 rings (SSSR count). The molecule has 10 nitrogen and oxygen atoms in total. The number of hydrogen-bond donors (Lipinski definition) is 5. The van der Waals surface area contributed by atoms with Gasteiger partial charge in [0.15, 0.2) is 5.16 Å². The Morgan fingerprint density at radius 2 is 1.35 bits per heavy atom. The van der Waals surface area contributed by atoms with Gasteiger partial charge in [0.05, 0.1) is 6.61 Å². The average Bonchev–Trinajstić information content (AvgIpc) is 2.44. The minimum atomic E-state index is -4.53. The van der Waals surface area contributed by atoms with Crippen molar-refractivity contribution >= 4 is 27.1 Å². The highest BCUT2D eigenvalue weighted by molar-refractivity contribution is 7.54. The van der Waals surface area contributed by atoms with Gasteiger partial charge >= 0.3 is 27.1 Å². The third kappa shape index (κ3) is 11.1. The third-order valence-corrected chi connectivity index (χ3v) is 5.87. The number of ether oxygens (including phenoxy) is 1. The van der Waals surface area contributed by atoms with Gasteiger partial charge < -0.3 is 29.4 Å². The van der Waals surface area contributed by atoms with Crippen LogP contribution in [0.1, 0.15) is 59.3 Å². The zero-order valence-corrected chi connectivity index (χ0v) is 17.1. The molecule has 0 aromatic heterocycles. The molecular formula is C14H30O10P2. The van der Waals surface area contributed by atoms with Gasteiger partial charge in [-0.15, -0.1) is 0 Å². The van der Waals surface area contributed by atoms with Gasteiger partial charge in [-0.3, -0.25) is 18.7 Å². The first-order chi connectivity index (χ1) is 11.8. The number of hydrogen-bond acceptors (Lipinski definition) is 5. The Morgan fingerprint density at radius 3 is 1.54 bits per heavy atom. The predicted molar refractivity (Wildman–Crippen MR) is 95.0 cm³/mol. The van der Waals surface area contributed by atoms with Crippen LogP contribution in [0.3, 0.4) is 0 Å². The standard InChI is InChI=1S/C12H25O5P.C2H5O5P/c1-4-7-9-12(10-8-5-2,18(14,15)16)11(13)17-6-3;3-2(4)1-8(5,6)7/h4-10H2,1-3H3,(H2,14,15,16);1H2,(H,3,4)(H2,5,6,7). The molecule has 0 radical (unpaired) electrons. The van der Waals surface area contributed by atoms with E-state index in [1.165, 1.54) is 0 Å². The predicted octanol–water partition coefficient (Wildman–Crippen LogP) is 2.10. The Morgan fingerprint density at radius 1 is 0.923 bits per heavy atom. The van der Waals surface area contributed by atoms with E-state index < -0.39 is 38.4 Å². The summed E-state index contributed by atoms with van der Waals surface area (Å²) in [6, 6.07) is 0. The summed E-state index contributed by atoms with van der Waals surface area (Å²) in [6.45, 7) is 5.63. The molecule has 0 spiro atoms. The topological polar surface area (TPSA) is 179 Å². The first kappa shape index (κ1) is 27.5. The normalized spacial score (nSPS) is 12.1. The van der Waals surface area contributed by atoms with Crippen molar-refractivity contribution in [1.82, 2.24) is 0 Å². The highest BCUT2D eigenvalue weighted by Gasteiger charge is 2.53. The molecular weight excluding hydrogens is 390 g/mol. The van der Waals surface area contributed by atoms with Gasteiger partial charge in [0, 0.05) is 0 Å². The van der Waals surface area contributed by atoms with Gasteiger partial charge in [0.25, 0.3) is 0 Å². The van der Waals surface area contributed by atoms with Crippen molar-refractivity contribution in [3.63, 3.8) is 0 Å². The summed E-state index contributed by atoms with van der Waals surface area (Å²) in [7, 11) is -8.85. The molecule has 0 aliphatic carbocycles. The second-order valence-corrected chi connectivity index (χ2v) is 9.31. The number of aliphatic carboxylic acids is 1. The van der Waals surface area contributed by atoms with E-state index in [0.29, 0.717) is 12.8 Å². The van der Waals surface area contributed by atoms with E-state index >= 15 is 0 Å². The second kappa shape index (κ2) is 12.6. The van der Waals surface area contributed by atoms with Crippen LogP contribution in [0.4, 0.5) is 0 Å². The van der Waals surface area contributed by atoms with Crippen LogP contribution in [0.25, 0.3) is 0 Å². The molecule has 0 aromatic carbocycles. The summed E-state index contributed by atoms with van der Waals surface area (Å²) in [6.07, 6.45) is 2.06. The SMILES string of the molecule is CCCCC(CCCC)(C(=O)OCC)P(=O)(O)O.O=C(O)CP(=O)(O)O. The smallest absolute Gasteiger partial charge is 0.342 e. The monoisotopic (exact) mass is 420 g/mol. The summed E-state index contributed by atoms with van der Waals surface area (Å²) in [4.78, 5) is 56.5. The number of carbonyl (C=O) groups excluding carboxylic acids is 1. The molecule has 0 fully saturated rings. The Bertz CT molecular complexity index is 514. The summed E-state index contributed by atoms with van der Waals surface area (Å²) in [5.41, 5.74) is 0. The molecule has 156 valence electrons. The average molecular weight is 420 g/mol. The molecule has 0 saturated carbocycles. The molecule has 0 aliphatic rings. The maximum absolute atomic E-state index is 12.0. The lowest BCUT2D eigenvalue weighted by molar-refractivity contribution is -0.147. The van der Waals surface area contributed by atoms with E-state index in [1.54, 1.807) is 6.92 Å². The van der Waals surface area contributed by atoms with Gasteiger partial charge in [0.1, 0.15) is 6.16 Å². The summed E-state index contributed by atoms with van der Waals surface area (Å²) >= 11 is 0. The number of carboxylic acid groups (broad SMARTS) is 1. The second-order valence-electron chi connectivity index (χ2n) is 5.72. The van der Waals surface area contributed by atoms with E-state index in [0.717, 1.165) is 12.8 Å². The molecule has 0 bridgehead atoms. The van der Waals surface area contributed by atoms with Crippen molar-refractivity contribution in [3.05, 3.63) is 0 Å². The van der Waals surface area contributed by atoms with Crippen LogP contribution in [0.5, 0.6) is 0 Å². The van der Waals surface area contributed by atoms with Gasteiger partial charge in [-0.1, -0.05) is 39.5 Å². The van der Waals surface area contributed by atoms with Gasteiger partial charge in [-0.05, 0) is 19.8 Å². The number of rotatable bonds is 11. The third-order valence-electron chi connectivity index (χ3n) is 3.44. The lowest BCUT2D eigenvalue weighted by Gasteiger charge is -2.31. The van der Waals surface area contributed by atoms with E-state index in [4.69, 9.17) is 19.6 Å². The quantitative estimate of drug-likeness (QED) is 0.245. The van der Waals surface area contributed by atoms with Crippen molar-refractivity contribution in [2.45, 2.75) is 64.5 Å². The molecule has 0 saturated heterocycles. The fraction of sp³-hybridized carbons (Fsp3) is 0.857. The zero-order valence-electron chi connectivity index (χ0n) is 15.3. The summed E-state index contributed by atoms with van der Waals surface area (Å²) < 4.78 is 26.4. The summed E-state index contributed by atoms with van der Waals surface area (Å²) in [5.74, 6) is -2.24. The highest BCUT2D eigenvalue weighted by Crippen LogP contribution is 2.56. The summed E-state index contributed by atoms with van der Waals surface area (Å²) in [5, 5.41) is 6.11. The first-order valence-electron chi connectivity index (χ1n) is 8.26. The van der Waals surface area contributed by atoms with Crippen LogP contribution >= 0.6 is 15.2 Å². The van der Waals surface area contributed by atoms with Crippen molar-refractivity contribution in [3.8, 4) is 0 Å². The molecule has 12 heteroatoms. The van der Waals surface area contributed by atoms with Crippen LogP contribution in [0.15, 0.2) is 0 Å². The fourth-order valence-corrected chi connectivity index (χ4v) is 3.67. The van der Waals surface area contributed by atoms with Crippen LogP contribution in [0, 0.1) is 0 Å². The Hall–Kier alpha value is -0.760. The molecule has 0 aromatic rings. The van der Waals surface area contributed by atoms with E-state index in [-0.39, 0.29) is 19.4 Å². The van der Waals surface area contributed by atoms with E-state index in [9.17, 15) is 28.5 Å². The highest BCUT2D eigenvalue weighted by atomic mass is 31.2. The molecule has 26 heavy (non-hydrogen) atoms. The molecule has 0 aliphatic heterocycles. The minimum absolute atomic E-state index is 0.138. The Labute approximate surface area is 153 Å². The van der Waals surface area contributed by atoms with E-state index in [2.05, 4.69) is 0 Å². The number of carboxylic acids is 1. The fourth-order valence-electron chi connectivity index (χ4n) is 2.12. The lowest BCUT2D eigenvalue weighted by Crippen LogP contribution is -2.40. The van der Waals surface area contributed by atoms with Gasteiger partial charge in [0.2, 0.25) is 0 Å². The van der Waals surface area contributed by atoms with Crippen molar-refractivity contribution in [2.24, 2.45) is 0 Å². The number of carbonyl (C=O) groups is 2. The van der Waals surface area contributed by atoms with E-state index in [1.807, 2.05) is 13.8 Å². The Kier molecular flexibility index (Phi) is 13.3. The van der Waals surface area contributed by atoms with Crippen molar-refractivity contribution < 1.29 is 48.1 Å². The number of unbranched alkanes of at least 4 members (excludes halogenated alkanes) is 2. The molecule has 0 heterocycles. The molecule has 0 amide bonds. The van der Waals surface area contributed by atoms with Crippen LogP contribution < -0.4 is 0 Å². The number of esters is 1. The van der Waals surface area contributed by atoms with Crippen molar-refractivity contribution in [2.75, 3.05) is 12.8 Å².